The summed E-state index contributed by atoms with van der Waals surface area (Å²) in [6, 6.07) is 24.9. The van der Waals surface area contributed by atoms with Gasteiger partial charge in [-0.3, -0.25) is 4.79 Å². The zero-order valence-corrected chi connectivity index (χ0v) is 36.0. The summed E-state index contributed by atoms with van der Waals surface area (Å²) in [5.41, 5.74) is 6.89. The molecule has 0 aliphatic heterocycles. The molecule has 5 aromatic rings. The number of aromatic nitrogens is 1. The molecule has 2 heterocycles. The normalized spacial score (nSPS) is 12.4. The second-order valence-electron chi connectivity index (χ2n) is 14.6. The number of aliphatic hydroxyl groups is 1. The number of pyridine rings is 1. The van der Waals surface area contributed by atoms with Crippen molar-refractivity contribution in [2.75, 3.05) is 0 Å². The summed E-state index contributed by atoms with van der Waals surface area (Å²) in [5, 5.41) is 10.8. The predicted octanol–water partition coefficient (Wildman–Crippen LogP) is 14.0. The summed E-state index contributed by atoms with van der Waals surface area (Å²) in [4.78, 5) is 17.4. The molecule has 0 saturated carbocycles. The Morgan fingerprint density at radius 3 is 1.93 bits per heavy atom. The zero-order valence-electron chi connectivity index (χ0n) is 33.8. The summed E-state index contributed by atoms with van der Waals surface area (Å²) >= 11 is 1.67. The van der Waals surface area contributed by atoms with Crippen molar-refractivity contribution in [3.8, 4) is 32.8 Å². The van der Waals surface area contributed by atoms with Gasteiger partial charge in [-0.15, -0.1) is 46.2 Å². The number of rotatable bonds is 12. The number of halogens is 3. The number of hydrogen-bond acceptors (Lipinski definition) is 4. The third kappa shape index (κ3) is 10.8. The molecule has 2 aromatic heterocycles. The van der Waals surface area contributed by atoms with Gasteiger partial charge in [-0.05, 0) is 78.3 Å². The van der Waals surface area contributed by atoms with Crippen LogP contribution in [0.4, 0.5) is 13.2 Å². The van der Waals surface area contributed by atoms with E-state index in [2.05, 4.69) is 49.2 Å². The Bertz CT molecular complexity index is 2060. The molecule has 0 amide bonds. The quantitative estimate of drug-likeness (QED) is 0.0770. The van der Waals surface area contributed by atoms with E-state index < -0.39 is 11.6 Å². The van der Waals surface area contributed by atoms with Crippen LogP contribution in [0.3, 0.4) is 0 Å². The molecule has 0 unspecified atom stereocenters. The van der Waals surface area contributed by atoms with Crippen molar-refractivity contribution in [2.24, 2.45) is 17.3 Å². The Morgan fingerprint density at radius 2 is 1.41 bits per heavy atom. The van der Waals surface area contributed by atoms with Crippen molar-refractivity contribution in [1.29, 1.82) is 0 Å². The fourth-order valence-electron chi connectivity index (χ4n) is 6.59. The third-order valence-electron chi connectivity index (χ3n) is 10.1. The van der Waals surface area contributed by atoms with Gasteiger partial charge in [-0.2, -0.15) is 13.2 Å². The molecule has 0 aliphatic carbocycles. The Morgan fingerprint density at radius 1 is 0.870 bits per heavy atom. The number of nitrogens with zero attached hydrogens (tertiary/aromatic N) is 1. The first-order chi connectivity index (χ1) is 25.4. The number of hydrogen-bond donors (Lipinski definition) is 1. The molecular weight excluding hydrogens is 880 g/mol. The van der Waals surface area contributed by atoms with Crippen LogP contribution in [0.2, 0.25) is 0 Å². The maximum absolute atomic E-state index is 13.3. The third-order valence-corrected chi connectivity index (χ3v) is 11.5. The van der Waals surface area contributed by atoms with Crippen LogP contribution in [0.15, 0.2) is 84.7 Å². The maximum Gasteiger partial charge on any atom is 0.394 e. The SMILES string of the molecule is CCC(CC)C(=O)/C=C(\O)C(CC)CC.[2H]c1cc2c(C)c(-c3ccc(-c4ccc(CC(C)(C)C(F)(F)F)cc4)cc3)sc2c(-c2[c-]c(C)cc(C)c2)n1.[Ir]. The molecule has 1 radical (unpaired) electrons. The topological polar surface area (TPSA) is 50.2 Å². The van der Waals surface area contributed by atoms with E-state index in [1.807, 2.05) is 65.0 Å². The average Bonchev–Trinajstić information content (AvgIpc) is 3.44. The minimum atomic E-state index is -4.25. The summed E-state index contributed by atoms with van der Waals surface area (Å²) < 4.78 is 49.2. The van der Waals surface area contributed by atoms with Crippen molar-refractivity contribution in [1.82, 2.24) is 4.98 Å². The van der Waals surface area contributed by atoms with E-state index in [1.54, 1.807) is 23.5 Å². The molecule has 54 heavy (non-hydrogen) atoms. The van der Waals surface area contributed by atoms with Gasteiger partial charge in [-0.25, -0.2) is 0 Å². The van der Waals surface area contributed by atoms with Crippen LogP contribution in [-0.4, -0.2) is 22.1 Å². The zero-order chi connectivity index (χ0) is 40.0. The van der Waals surface area contributed by atoms with Gasteiger partial charge in [0.1, 0.15) is 0 Å². The number of ketones is 1. The smallest absolute Gasteiger partial charge is 0.394 e. The number of benzene rings is 3. The molecular formula is C46H53F3IrNO2S-. The predicted molar refractivity (Wildman–Crippen MR) is 216 cm³/mol. The number of aryl methyl sites for hydroxylation is 3. The first-order valence-corrected chi connectivity index (χ1v) is 19.4. The Labute approximate surface area is 338 Å². The van der Waals surface area contributed by atoms with Crippen molar-refractivity contribution in [3.63, 3.8) is 0 Å². The van der Waals surface area contributed by atoms with Crippen LogP contribution in [0.1, 0.15) is 90.9 Å². The van der Waals surface area contributed by atoms with E-state index in [-0.39, 0.29) is 56.1 Å². The summed E-state index contributed by atoms with van der Waals surface area (Å²) in [5.74, 6) is 0.547. The molecule has 0 fully saturated rings. The first kappa shape index (κ1) is 43.2. The van der Waals surface area contributed by atoms with E-state index in [0.29, 0.717) is 5.56 Å². The minimum Gasteiger partial charge on any atom is -0.512 e. The van der Waals surface area contributed by atoms with E-state index in [9.17, 15) is 23.1 Å². The monoisotopic (exact) mass is 934 g/mol. The van der Waals surface area contributed by atoms with Gasteiger partial charge in [0.2, 0.25) is 0 Å². The minimum absolute atomic E-state index is 0. The fourth-order valence-corrected chi connectivity index (χ4v) is 7.88. The van der Waals surface area contributed by atoms with Gasteiger partial charge in [0, 0.05) is 59.5 Å². The second kappa shape index (κ2) is 19.3. The number of aliphatic hydroxyl groups excluding tert-OH is 1. The van der Waals surface area contributed by atoms with E-state index >= 15 is 0 Å². The molecule has 3 nitrogen and oxygen atoms in total. The summed E-state index contributed by atoms with van der Waals surface area (Å²) in [6.45, 7) is 16.7. The number of allylic oxidation sites excluding steroid dienone is 2. The van der Waals surface area contributed by atoms with Crippen LogP contribution >= 0.6 is 11.3 Å². The molecule has 1 N–H and O–H groups in total. The van der Waals surface area contributed by atoms with Crippen LogP contribution in [-0.2, 0) is 31.3 Å². The van der Waals surface area contributed by atoms with Gasteiger partial charge in [0.25, 0.3) is 0 Å². The standard InChI is InChI=1S/C33H29F3NS.C13H24O2.Ir/c1-20-16-21(2)18-27(17-20)29-31-28(14-15-37-29)22(3)30(38-31)26-12-10-25(11-13-26)24-8-6-23(7-9-24)19-32(4,5)33(34,35)36;1-5-10(6-2)12(14)9-13(15)11(7-3)8-4;/h6-17H,19H2,1-5H3;9-11,14H,5-8H2,1-4H3;/q-1;;/b;12-9-;/i15D;;. The second-order valence-corrected chi connectivity index (χ2v) is 15.6. The van der Waals surface area contributed by atoms with Gasteiger partial charge >= 0.3 is 6.18 Å². The molecule has 0 bridgehead atoms. The number of fused-ring (bicyclic) bond motifs is 1. The number of alkyl halides is 3. The molecule has 0 aliphatic rings. The molecule has 0 spiro atoms. The van der Waals surface area contributed by atoms with Crippen LogP contribution < -0.4 is 0 Å². The Kier molecular flexibility index (Phi) is 15.4. The van der Waals surface area contributed by atoms with Gasteiger partial charge in [-0.1, -0.05) is 104 Å². The number of thiophene rings is 1. The number of carbonyl (C=O) groups is 1. The van der Waals surface area contributed by atoms with E-state index in [0.717, 1.165) is 85.3 Å². The number of carbonyl (C=O) groups excluding carboxylic acids is 1. The molecule has 5 rings (SSSR count). The van der Waals surface area contributed by atoms with Crippen molar-refractivity contribution in [3.05, 3.63) is 113 Å². The van der Waals surface area contributed by atoms with Gasteiger partial charge in [0.05, 0.1) is 12.5 Å². The largest absolute Gasteiger partial charge is 0.512 e. The van der Waals surface area contributed by atoms with Gasteiger partial charge < -0.3 is 10.1 Å². The molecule has 291 valence electrons. The molecule has 8 heteroatoms. The molecule has 0 atom stereocenters. The van der Waals surface area contributed by atoms with Crippen LogP contribution in [0, 0.1) is 44.1 Å². The van der Waals surface area contributed by atoms with Crippen molar-refractivity contribution >= 4 is 27.2 Å². The Balaban J connectivity index is 0.000000433. The summed E-state index contributed by atoms with van der Waals surface area (Å²) in [7, 11) is 0. The van der Waals surface area contributed by atoms with Gasteiger partial charge in [0.15, 0.2) is 5.78 Å². The van der Waals surface area contributed by atoms with E-state index in [1.165, 1.54) is 19.9 Å². The first-order valence-electron chi connectivity index (χ1n) is 19.0. The molecule has 0 saturated heterocycles. The molecule has 3 aromatic carbocycles. The van der Waals surface area contributed by atoms with E-state index in [4.69, 9.17) is 1.37 Å². The van der Waals surface area contributed by atoms with Crippen LogP contribution in [0.5, 0.6) is 0 Å². The van der Waals surface area contributed by atoms with Crippen LogP contribution in [0.25, 0.3) is 42.9 Å². The van der Waals surface area contributed by atoms with Crippen molar-refractivity contribution < 1.29 is 44.5 Å². The fraction of sp³-hybridized carbons (Fsp3) is 0.391. The van der Waals surface area contributed by atoms with Crippen molar-refractivity contribution in [2.45, 2.75) is 101 Å². The maximum atomic E-state index is 13.3. The average molecular weight is 934 g/mol. The summed E-state index contributed by atoms with van der Waals surface area (Å²) in [6.07, 6.45) is 0.832. The Hall–Kier alpha value is -3.58.